The minimum atomic E-state index is -0.674. The molecule has 0 aliphatic heterocycles. The van der Waals surface area contributed by atoms with Gasteiger partial charge < -0.3 is 19.5 Å². The summed E-state index contributed by atoms with van der Waals surface area (Å²) in [4.78, 5) is 23.1. The molecule has 0 saturated heterocycles. The van der Waals surface area contributed by atoms with Crippen molar-refractivity contribution in [3.8, 4) is 22.8 Å². The third kappa shape index (κ3) is 9.55. The molecule has 0 radical (unpaired) electrons. The topological polar surface area (TPSA) is 82.6 Å². The number of benzene rings is 5. The molecule has 1 atom stereocenters. The fourth-order valence-electron chi connectivity index (χ4n) is 5.36. The van der Waals surface area contributed by atoms with Crippen LogP contribution in [0.2, 0.25) is 0 Å². The lowest BCUT2D eigenvalue weighted by atomic mass is 10.0. The monoisotopic (exact) mass is 649 g/mol. The Balaban J connectivity index is 1.20. The van der Waals surface area contributed by atoms with E-state index >= 15 is 0 Å². The lowest BCUT2D eigenvalue weighted by Gasteiger charge is -2.20. The summed E-state index contributed by atoms with van der Waals surface area (Å²) in [6.45, 7) is 3.06. The van der Waals surface area contributed by atoms with Crippen molar-refractivity contribution in [2.45, 2.75) is 39.0 Å². The molecule has 1 heterocycles. The fourth-order valence-corrected chi connectivity index (χ4v) is 5.36. The van der Waals surface area contributed by atoms with E-state index in [1.165, 1.54) is 0 Å². The van der Waals surface area contributed by atoms with Crippen LogP contribution in [0.4, 0.5) is 5.82 Å². The number of nitrogens with zero attached hydrogens (tertiary/aromatic N) is 2. The lowest BCUT2D eigenvalue weighted by Crippen LogP contribution is -2.34. The molecule has 0 saturated carbocycles. The minimum absolute atomic E-state index is 0.274. The number of carbonyl (C=O) groups is 1. The Morgan fingerprint density at radius 1 is 0.653 bits per heavy atom. The first-order valence-electron chi connectivity index (χ1n) is 16.5. The highest BCUT2D eigenvalue weighted by Crippen LogP contribution is 2.26. The largest absolute Gasteiger partial charge is 0.489 e. The molecule has 0 bridgehead atoms. The van der Waals surface area contributed by atoms with E-state index in [-0.39, 0.29) is 12.6 Å². The molecule has 246 valence electrons. The van der Waals surface area contributed by atoms with Crippen LogP contribution >= 0.6 is 0 Å². The minimum Gasteiger partial charge on any atom is -0.489 e. The van der Waals surface area contributed by atoms with Crippen LogP contribution in [-0.2, 0) is 35.6 Å². The Morgan fingerprint density at radius 3 is 1.73 bits per heavy atom. The summed E-state index contributed by atoms with van der Waals surface area (Å²) in [7, 11) is 0. The van der Waals surface area contributed by atoms with E-state index in [1.807, 2.05) is 127 Å². The first kappa shape index (κ1) is 33.0. The van der Waals surface area contributed by atoms with Gasteiger partial charge in [0.2, 0.25) is 0 Å². The Hall–Kier alpha value is -5.95. The van der Waals surface area contributed by atoms with E-state index in [0.29, 0.717) is 31.9 Å². The number of esters is 1. The molecule has 1 N–H and O–H groups in total. The van der Waals surface area contributed by atoms with Crippen LogP contribution in [0, 0.1) is 0 Å². The molecule has 7 heteroatoms. The maximum absolute atomic E-state index is 13.2. The van der Waals surface area contributed by atoms with Crippen LogP contribution in [0.5, 0.6) is 11.5 Å². The van der Waals surface area contributed by atoms with Crippen molar-refractivity contribution in [3.05, 3.63) is 174 Å². The number of hydrogen-bond acceptors (Lipinski definition) is 7. The molecule has 7 nitrogen and oxygen atoms in total. The number of aromatic nitrogens is 2. The van der Waals surface area contributed by atoms with Crippen LogP contribution in [0.25, 0.3) is 11.3 Å². The second-order valence-electron chi connectivity index (χ2n) is 11.6. The second kappa shape index (κ2) is 16.7. The number of anilines is 1. The fraction of sp³-hybridized carbons (Fsp3) is 0.167. The molecule has 0 aliphatic rings. The highest BCUT2D eigenvalue weighted by Gasteiger charge is 2.23. The molecule has 49 heavy (non-hydrogen) atoms. The summed E-state index contributed by atoms with van der Waals surface area (Å²) in [5.41, 5.74) is 6.62. The van der Waals surface area contributed by atoms with Crippen molar-refractivity contribution in [1.82, 2.24) is 9.97 Å². The van der Waals surface area contributed by atoms with Crippen LogP contribution in [0.15, 0.2) is 146 Å². The molecule has 6 aromatic rings. The van der Waals surface area contributed by atoms with Crippen molar-refractivity contribution in [2.24, 2.45) is 0 Å². The van der Waals surface area contributed by atoms with Crippen LogP contribution in [0.1, 0.15) is 34.9 Å². The van der Waals surface area contributed by atoms with E-state index in [9.17, 15) is 4.79 Å². The summed E-state index contributed by atoms with van der Waals surface area (Å²) < 4.78 is 17.4. The van der Waals surface area contributed by atoms with Gasteiger partial charge in [0.25, 0.3) is 0 Å². The molecular weight excluding hydrogens is 610 g/mol. The van der Waals surface area contributed by atoms with Gasteiger partial charge in [0.05, 0.1) is 24.2 Å². The van der Waals surface area contributed by atoms with Gasteiger partial charge in [-0.2, -0.15) is 0 Å². The predicted octanol–water partition coefficient (Wildman–Crippen LogP) is 8.48. The first-order valence-corrected chi connectivity index (χ1v) is 16.5. The van der Waals surface area contributed by atoms with E-state index in [2.05, 4.69) is 17.4 Å². The highest BCUT2D eigenvalue weighted by molar-refractivity contribution is 5.79. The van der Waals surface area contributed by atoms with Crippen LogP contribution in [0.3, 0.4) is 0 Å². The smallest absolute Gasteiger partial charge is 0.328 e. The van der Waals surface area contributed by atoms with Gasteiger partial charge in [0.15, 0.2) is 0 Å². The number of nitrogens with one attached hydrogen (secondary N) is 1. The maximum Gasteiger partial charge on any atom is 0.328 e. The Bertz CT molecular complexity index is 1900. The summed E-state index contributed by atoms with van der Waals surface area (Å²) in [5.74, 6) is 1.72. The van der Waals surface area contributed by atoms with Gasteiger partial charge in [-0.25, -0.2) is 14.8 Å². The van der Waals surface area contributed by atoms with Gasteiger partial charge >= 0.3 is 5.97 Å². The molecule has 0 amide bonds. The van der Waals surface area contributed by atoms with E-state index in [1.54, 1.807) is 13.1 Å². The molecule has 0 fully saturated rings. The third-order valence-corrected chi connectivity index (χ3v) is 7.95. The maximum atomic E-state index is 13.2. The van der Waals surface area contributed by atoms with E-state index in [4.69, 9.17) is 24.2 Å². The van der Waals surface area contributed by atoms with Crippen molar-refractivity contribution in [2.75, 3.05) is 11.9 Å². The van der Waals surface area contributed by atoms with Gasteiger partial charge in [0, 0.05) is 18.4 Å². The zero-order chi connectivity index (χ0) is 33.7. The zero-order valence-electron chi connectivity index (χ0n) is 27.5. The number of carbonyl (C=O) groups excluding carboxylic acids is 1. The molecular formula is C42H39N3O4. The summed E-state index contributed by atoms with van der Waals surface area (Å²) in [6.07, 6.45) is 2.67. The average molecular weight is 650 g/mol. The standard InChI is InChI=1S/C42H39N3O4/c1-2-47-42(46)39(27-32-18-22-36(23-19-32)48-29-33-14-8-4-9-15-33)45-41-38(26-31-12-6-3-7-13-31)44-40(28-43-41)35-20-24-37(25-21-35)49-30-34-16-10-5-11-17-34/h3-25,28,39H,2,26-27,29-30H2,1H3,(H,43,45). The predicted molar refractivity (Wildman–Crippen MR) is 192 cm³/mol. The number of rotatable bonds is 15. The Labute approximate surface area is 287 Å². The van der Waals surface area contributed by atoms with Crippen molar-refractivity contribution < 1.29 is 19.0 Å². The van der Waals surface area contributed by atoms with Crippen molar-refractivity contribution in [3.63, 3.8) is 0 Å². The van der Waals surface area contributed by atoms with Gasteiger partial charge in [0.1, 0.15) is 36.6 Å². The van der Waals surface area contributed by atoms with Crippen LogP contribution < -0.4 is 14.8 Å². The van der Waals surface area contributed by atoms with E-state index < -0.39 is 6.04 Å². The summed E-state index contributed by atoms with van der Waals surface area (Å²) in [5, 5.41) is 3.38. The van der Waals surface area contributed by atoms with Gasteiger partial charge in [-0.3, -0.25) is 0 Å². The zero-order valence-corrected chi connectivity index (χ0v) is 27.5. The molecule has 1 unspecified atom stereocenters. The Kier molecular flexibility index (Phi) is 11.3. The lowest BCUT2D eigenvalue weighted by molar-refractivity contribution is -0.144. The molecule has 5 aromatic carbocycles. The third-order valence-electron chi connectivity index (χ3n) is 7.95. The highest BCUT2D eigenvalue weighted by atomic mass is 16.5. The quantitative estimate of drug-likeness (QED) is 0.112. The van der Waals surface area contributed by atoms with Gasteiger partial charge in [-0.15, -0.1) is 0 Å². The number of hydrogen-bond donors (Lipinski definition) is 1. The van der Waals surface area contributed by atoms with Crippen LogP contribution in [-0.4, -0.2) is 28.6 Å². The number of ether oxygens (including phenoxy) is 3. The summed E-state index contributed by atoms with van der Waals surface area (Å²) >= 11 is 0. The van der Waals surface area contributed by atoms with Gasteiger partial charge in [-0.1, -0.05) is 103 Å². The average Bonchev–Trinajstić information content (AvgIpc) is 3.15. The molecule has 0 aliphatic carbocycles. The second-order valence-corrected chi connectivity index (χ2v) is 11.6. The van der Waals surface area contributed by atoms with E-state index in [0.717, 1.165) is 50.7 Å². The molecule has 0 spiro atoms. The van der Waals surface area contributed by atoms with Crippen molar-refractivity contribution >= 4 is 11.8 Å². The Morgan fingerprint density at radius 2 is 1.18 bits per heavy atom. The first-order chi connectivity index (χ1) is 24.1. The normalized spacial score (nSPS) is 11.4. The molecule has 6 rings (SSSR count). The van der Waals surface area contributed by atoms with Crippen molar-refractivity contribution in [1.29, 1.82) is 0 Å². The molecule has 1 aromatic heterocycles. The SMILES string of the molecule is CCOC(=O)C(Cc1ccc(OCc2ccccc2)cc1)Nc1ncc(-c2ccc(OCc3ccccc3)cc2)nc1Cc1ccccc1. The van der Waals surface area contributed by atoms with Gasteiger partial charge in [-0.05, 0) is 65.6 Å². The summed E-state index contributed by atoms with van der Waals surface area (Å²) in [6, 6.07) is 45.2.